The summed E-state index contributed by atoms with van der Waals surface area (Å²) in [7, 11) is 4.80. The van der Waals surface area contributed by atoms with E-state index < -0.39 is 0 Å². The highest BCUT2D eigenvalue weighted by Crippen LogP contribution is 2.31. The monoisotopic (exact) mass is 540 g/mol. The summed E-state index contributed by atoms with van der Waals surface area (Å²) in [4.78, 5) is 33.1. The summed E-state index contributed by atoms with van der Waals surface area (Å²) in [6.45, 7) is 0.436. The van der Waals surface area contributed by atoms with E-state index in [1.807, 2.05) is 59.3 Å². The number of amides is 2. The quantitative estimate of drug-likeness (QED) is 0.286. The van der Waals surface area contributed by atoms with Gasteiger partial charge in [0.25, 0.3) is 5.91 Å². The largest absolute Gasteiger partial charge is 0.497 e. The number of anilines is 1. The van der Waals surface area contributed by atoms with Gasteiger partial charge in [0, 0.05) is 29.6 Å². The Labute approximate surface area is 233 Å². The Morgan fingerprint density at radius 3 is 2.17 bits per heavy atom. The maximum atomic E-state index is 13.4. The zero-order chi connectivity index (χ0) is 28.1. The molecule has 0 unspecified atom stereocenters. The molecule has 1 aliphatic rings. The van der Waals surface area contributed by atoms with Crippen molar-refractivity contribution in [3.8, 4) is 34.2 Å². The Kier molecular flexibility index (Phi) is 8.00. The van der Waals surface area contributed by atoms with Gasteiger partial charge < -0.3 is 19.1 Å². The van der Waals surface area contributed by atoms with Crippen molar-refractivity contribution in [3.63, 3.8) is 0 Å². The molecule has 1 N–H and O–H groups in total. The number of aromatic nitrogens is 2. The molecule has 1 heterocycles. The molecule has 0 atom stereocenters. The van der Waals surface area contributed by atoms with Crippen LogP contribution in [-0.4, -0.2) is 60.7 Å². The van der Waals surface area contributed by atoms with Gasteiger partial charge in [-0.3, -0.25) is 19.5 Å². The average molecular weight is 541 g/mol. The fraction of sp³-hybridized carbons (Fsp3) is 0.258. The van der Waals surface area contributed by atoms with Crippen LogP contribution in [0.15, 0.2) is 79.0 Å². The molecule has 3 aromatic carbocycles. The molecule has 40 heavy (non-hydrogen) atoms. The van der Waals surface area contributed by atoms with Gasteiger partial charge >= 0.3 is 0 Å². The summed E-state index contributed by atoms with van der Waals surface area (Å²) in [6, 6.07) is 22.0. The highest BCUT2D eigenvalue weighted by atomic mass is 16.5. The number of ether oxygens (including phenoxy) is 3. The number of hydrogen-bond donors (Lipinski definition) is 1. The summed E-state index contributed by atoms with van der Waals surface area (Å²) < 4.78 is 17.7. The molecule has 0 spiro atoms. The van der Waals surface area contributed by atoms with E-state index in [1.54, 1.807) is 50.5 Å². The van der Waals surface area contributed by atoms with Gasteiger partial charge in [-0.05, 0) is 79.4 Å². The molecule has 0 bridgehead atoms. The second kappa shape index (κ2) is 11.9. The number of carbonyl (C=O) groups excluding carboxylic acids is 2. The van der Waals surface area contributed by atoms with Gasteiger partial charge in [-0.15, -0.1) is 0 Å². The first kappa shape index (κ1) is 26.8. The van der Waals surface area contributed by atoms with Crippen LogP contribution in [0, 0.1) is 5.92 Å². The fourth-order valence-corrected chi connectivity index (χ4v) is 4.41. The van der Waals surface area contributed by atoms with Crippen molar-refractivity contribution in [2.45, 2.75) is 12.8 Å². The molecule has 4 aromatic rings. The molecular formula is C31H32N4O5. The van der Waals surface area contributed by atoms with Crippen LogP contribution in [0.3, 0.4) is 0 Å². The van der Waals surface area contributed by atoms with Crippen LogP contribution in [0.1, 0.15) is 23.2 Å². The maximum absolute atomic E-state index is 13.4. The van der Waals surface area contributed by atoms with Crippen molar-refractivity contribution >= 4 is 17.8 Å². The first-order chi connectivity index (χ1) is 19.5. The summed E-state index contributed by atoms with van der Waals surface area (Å²) >= 11 is 0. The lowest BCUT2D eigenvalue weighted by atomic mass is 10.1. The number of benzene rings is 3. The van der Waals surface area contributed by atoms with E-state index in [-0.39, 0.29) is 18.4 Å². The molecule has 1 aromatic heterocycles. The van der Waals surface area contributed by atoms with Gasteiger partial charge in [0.2, 0.25) is 11.9 Å². The van der Waals surface area contributed by atoms with Crippen LogP contribution in [0.4, 0.5) is 5.95 Å². The molecule has 0 saturated heterocycles. The molecule has 5 rings (SSSR count). The van der Waals surface area contributed by atoms with E-state index in [9.17, 15) is 9.59 Å². The molecule has 9 nitrogen and oxygen atoms in total. The fourth-order valence-electron chi connectivity index (χ4n) is 4.41. The van der Waals surface area contributed by atoms with Crippen molar-refractivity contribution in [3.05, 3.63) is 84.6 Å². The SMILES string of the molecule is COc1ccc(C(=O)N(CC(=O)Nc2nc(-c3cccc(OC)c3)cn2-c2ccc(OC)cc2)CC2CC2)cc1. The van der Waals surface area contributed by atoms with Gasteiger partial charge in [-0.2, -0.15) is 0 Å². The first-order valence-electron chi connectivity index (χ1n) is 13.1. The minimum atomic E-state index is -0.333. The average Bonchev–Trinajstić information content (AvgIpc) is 3.73. The molecule has 1 aliphatic carbocycles. The van der Waals surface area contributed by atoms with Gasteiger partial charge in [0.15, 0.2) is 0 Å². The molecule has 9 heteroatoms. The molecule has 0 aliphatic heterocycles. The first-order valence-corrected chi connectivity index (χ1v) is 13.1. The second-order valence-electron chi connectivity index (χ2n) is 9.66. The lowest BCUT2D eigenvalue weighted by Gasteiger charge is -2.22. The van der Waals surface area contributed by atoms with Crippen LogP contribution in [0.5, 0.6) is 17.2 Å². The van der Waals surface area contributed by atoms with Crippen LogP contribution in [0.25, 0.3) is 16.9 Å². The third-order valence-corrected chi connectivity index (χ3v) is 6.81. The van der Waals surface area contributed by atoms with Gasteiger partial charge in [0.1, 0.15) is 23.8 Å². The Balaban J connectivity index is 1.41. The number of rotatable bonds is 11. The molecule has 0 radical (unpaired) electrons. The van der Waals surface area contributed by atoms with E-state index in [0.717, 1.165) is 29.8 Å². The van der Waals surface area contributed by atoms with Crippen molar-refractivity contribution in [2.24, 2.45) is 5.92 Å². The highest BCUT2D eigenvalue weighted by Gasteiger charge is 2.29. The zero-order valence-corrected chi connectivity index (χ0v) is 22.8. The predicted octanol–water partition coefficient (Wildman–Crippen LogP) is 5.06. The third kappa shape index (κ3) is 6.26. The molecule has 2 amide bonds. The number of nitrogens with one attached hydrogen (secondary N) is 1. The highest BCUT2D eigenvalue weighted by molar-refractivity contribution is 5.99. The summed E-state index contributed by atoms with van der Waals surface area (Å²) in [5, 5.41) is 2.94. The van der Waals surface area contributed by atoms with Crippen LogP contribution < -0.4 is 19.5 Å². The standard InChI is InChI=1S/C31H32N4O5/c1-38-25-13-9-22(10-14-25)30(37)34(18-21-7-8-21)20-29(36)33-31-32-28(23-5-4-6-27(17-23)40-3)19-35(31)24-11-15-26(39-2)16-12-24/h4-6,9-17,19,21H,7-8,18,20H2,1-3H3,(H,32,33,36). The Bertz CT molecular complexity index is 1480. The van der Waals surface area contributed by atoms with Crippen molar-refractivity contribution in [1.29, 1.82) is 0 Å². The molecule has 1 fully saturated rings. The number of carbonyl (C=O) groups is 2. The molecular weight excluding hydrogens is 508 g/mol. The van der Waals surface area contributed by atoms with Gasteiger partial charge in [-0.25, -0.2) is 4.98 Å². The van der Waals surface area contributed by atoms with E-state index in [2.05, 4.69) is 5.32 Å². The zero-order valence-electron chi connectivity index (χ0n) is 22.8. The van der Waals surface area contributed by atoms with Crippen molar-refractivity contribution in [1.82, 2.24) is 14.5 Å². The van der Waals surface area contributed by atoms with Crippen molar-refractivity contribution < 1.29 is 23.8 Å². The Morgan fingerprint density at radius 1 is 0.900 bits per heavy atom. The Morgan fingerprint density at radius 2 is 1.55 bits per heavy atom. The van der Waals surface area contributed by atoms with E-state index >= 15 is 0 Å². The van der Waals surface area contributed by atoms with Gasteiger partial charge in [0.05, 0.1) is 27.0 Å². The topological polar surface area (TPSA) is 94.9 Å². The normalized spacial score (nSPS) is 12.5. The summed E-state index contributed by atoms with van der Waals surface area (Å²) in [6.07, 6.45) is 3.97. The second-order valence-corrected chi connectivity index (χ2v) is 9.66. The van der Waals surface area contributed by atoms with E-state index in [1.165, 1.54) is 0 Å². The lowest BCUT2D eigenvalue weighted by Crippen LogP contribution is -2.39. The lowest BCUT2D eigenvalue weighted by molar-refractivity contribution is -0.117. The smallest absolute Gasteiger partial charge is 0.254 e. The van der Waals surface area contributed by atoms with Crippen molar-refractivity contribution in [2.75, 3.05) is 39.7 Å². The maximum Gasteiger partial charge on any atom is 0.254 e. The summed E-state index contributed by atoms with van der Waals surface area (Å²) in [5.74, 6) is 2.32. The molecule has 206 valence electrons. The van der Waals surface area contributed by atoms with E-state index in [4.69, 9.17) is 19.2 Å². The van der Waals surface area contributed by atoms with Crippen LogP contribution in [0.2, 0.25) is 0 Å². The minimum Gasteiger partial charge on any atom is -0.497 e. The van der Waals surface area contributed by atoms with Crippen LogP contribution in [-0.2, 0) is 4.79 Å². The van der Waals surface area contributed by atoms with Gasteiger partial charge in [-0.1, -0.05) is 12.1 Å². The third-order valence-electron chi connectivity index (χ3n) is 6.81. The number of methoxy groups -OCH3 is 3. The number of hydrogen-bond acceptors (Lipinski definition) is 6. The minimum absolute atomic E-state index is 0.0919. The summed E-state index contributed by atoms with van der Waals surface area (Å²) in [5.41, 5.74) is 2.80. The molecule has 1 saturated carbocycles. The number of nitrogens with zero attached hydrogens (tertiary/aromatic N) is 3. The number of imidazole rings is 1. The Hall–Kier alpha value is -4.79. The van der Waals surface area contributed by atoms with E-state index in [0.29, 0.717) is 41.2 Å². The predicted molar refractivity (Wildman–Crippen MR) is 152 cm³/mol. The van der Waals surface area contributed by atoms with Crippen LogP contribution >= 0.6 is 0 Å².